The smallest absolute Gasteiger partial charge is 0.277 e. The molecular weight excluding hydrogens is 380 g/mol. The largest absolute Gasteiger partial charge is 0.384 e. The van der Waals surface area contributed by atoms with Crippen LogP contribution in [0, 0.1) is 6.92 Å². The van der Waals surface area contributed by atoms with Crippen molar-refractivity contribution in [2.24, 2.45) is 0 Å². The molecular formula is C19H17ClN6O2. The number of benzene rings is 1. The highest BCUT2D eigenvalue weighted by Crippen LogP contribution is 2.32. The van der Waals surface area contributed by atoms with Gasteiger partial charge in [-0.1, -0.05) is 23.7 Å². The van der Waals surface area contributed by atoms with Crippen molar-refractivity contribution in [1.82, 2.24) is 19.9 Å². The predicted molar refractivity (Wildman–Crippen MR) is 107 cm³/mol. The van der Waals surface area contributed by atoms with Crippen molar-refractivity contribution >= 4 is 34.8 Å². The first-order valence-electron chi connectivity index (χ1n) is 8.50. The Kier molecular flexibility index (Phi) is 4.08. The molecule has 4 rings (SSSR count). The van der Waals surface area contributed by atoms with E-state index in [0.717, 1.165) is 0 Å². The van der Waals surface area contributed by atoms with Gasteiger partial charge >= 0.3 is 0 Å². The Morgan fingerprint density at radius 1 is 1.21 bits per heavy atom. The van der Waals surface area contributed by atoms with Gasteiger partial charge in [-0.15, -0.1) is 0 Å². The molecule has 2 aromatic heterocycles. The molecule has 1 unspecified atom stereocenters. The summed E-state index contributed by atoms with van der Waals surface area (Å²) in [5.74, 6) is 0.331. The molecule has 1 aliphatic heterocycles. The van der Waals surface area contributed by atoms with Crippen LogP contribution in [-0.2, 0) is 5.66 Å². The Hall–Kier alpha value is -3.39. The number of hydrogen-bond acceptors (Lipinski definition) is 6. The van der Waals surface area contributed by atoms with Gasteiger partial charge in [0.25, 0.3) is 11.5 Å². The molecule has 0 saturated heterocycles. The average Bonchev–Trinajstić information content (AvgIpc) is 2.92. The van der Waals surface area contributed by atoms with E-state index in [2.05, 4.69) is 20.6 Å². The minimum absolute atomic E-state index is 0.268. The summed E-state index contributed by atoms with van der Waals surface area (Å²) >= 11 is 6.13. The Balaban J connectivity index is 1.91. The number of aryl methyl sites for hydroxylation is 1. The van der Waals surface area contributed by atoms with Crippen LogP contribution in [0.3, 0.4) is 0 Å². The van der Waals surface area contributed by atoms with Gasteiger partial charge in [0.1, 0.15) is 35.0 Å². The molecule has 0 aliphatic carbocycles. The Bertz CT molecular complexity index is 1180. The molecule has 1 atom stereocenters. The van der Waals surface area contributed by atoms with E-state index in [0.29, 0.717) is 27.7 Å². The van der Waals surface area contributed by atoms with Gasteiger partial charge in [0, 0.05) is 11.1 Å². The molecule has 1 aromatic carbocycles. The minimum atomic E-state index is -1.08. The first-order valence-corrected chi connectivity index (χ1v) is 8.87. The topological polar surface area (TPSA) is 115 Å². The van der Waals surface area contributed by atoms with Crippen LogP contribution in [0.15, 0.2) is 47.5 Å². The number of halogens is 1. The Morgan fingerprint density at radius 2 is 2.00 bits per heavy atom. The van der Waals surface area contributed by atoms with Crippen LogP contribution >= 0.6 is 11.6 Å². The van der Waals surface area contributed by atoms with Gasteiger partial charge in [-0.3, -0.25) is 14.2 Å². The van der Waals surface area contributed by atoms with E-state index in [1.54, 1.807) is 38.1 Å². The number of rotatable bonds is 3. The van der Waals surface area contributed by atoms with E-state index >= 15 is 0 Å². The van der Waals surface area contributed by atoms with Gasteiger partial charge in [-0.25, -0.2) is 9.97 Å². The number of amides is 1. The Morgan fingerprint density at radius 3 is 2.71 bits per heavy atom. The molecule has 0 spiro atoms. The number of nitrogens with two attached hydrogens (primary N) is 1. The van der Waals surface area contributed by atoms with Crippen LogP contribution in [0.2, 0.25) is 5.02 Å². The second-order valence-corrected chi connectivity index (χ2v) is 7.16. The highest BCUT2D eigenvalue weighted by atomic mass is 35.5. The van der Waals surface area contributed by atoms with Gasteiger partial charge in [0.05, 0.1) is 0 Å². The van der Waals surface area contributed by atoms with Crippen LogP contribution in [0.25, 0.3) is 0 Å². The fraction of sp³-hybridized carbons (Fsp3) is 0.158. The quantitative estimate of drug-likeness (QED) is 0.626. The van der Waals surface area contributed by atoms with Crippen molar-refractivity contribution in [2.45, 2.75) is 19.5 Å². The number of aromatic nitrogens is 3. The third-order valence-electron chi connectivity index (χ3n) is 4.75. The molecule has 9 heteroatoms. The summed E-state index contributed by atoms with van der Waals surface area (Å²) in [6, 6.07) is 10.2. The van der Waals surface area contributed by atoms with E-state index in [4.69, 9.17) is 17.3 Å². The zero-order valence-electron chi connectivity index (χ0n) is 15.2. The molecule has 0 radical (unpaired) electrons. The van der Waals surface area contributed by atoms with Gasteiger partial charge in [0.2, 0.25) is 0 Å². The van der Waals surface area contributed by atoms with E-state index in [9.17, 15) is 9.59 Å². The number of hydrogen-bond donors (Lipinski definition) is 3. The van der Waals surface area contributed by atoms with Crippen molar-refractivity contribution in [3.05, 3.63) is 74.9 Å². The van der Waals surface area contributed by atoms with E-state index in [1.165, 1.54) is 17.0 Å². The van der Waals surface area contributed by atoms with Crippen molar-refractivity contribution in [3.8, 4) is 0 Å². The number of carbonyl (C=O) groups excluding carboxylic acids is 1. The van der Waals surface area contributed by atoms with Gasteiger partial charge in [0.15, 0.2) is 0 Å². The second-order valence-electron chi connectivity index (χ2n) is 6.72. The van der Waals surface area contributed by atoms with Crippen LogP contribution in [-0.4, -0.2) is 20.4 Å². The number of pyridine rings is 1. The van der Waals surface area contributed by atoms with Gasteiger partial charge < -0.3 is 16.4 Å². The summed E-state index contributed by atoms with van der Waals surface area (Å²) in [6.45, 7) is 3.54. The monoisotopic (exact) mass is 396 g/mol. The standard InChI is InChI=1S/C19H17ClN6O2/c1-10-6-13(24-15-8-14(21)22-9-23-15)18(28)26-16(10)17(27)25-19(26,2)11-4-3-5-12(20)7-11/h3-9H,1-2H3,(H,25,27)(H3,21,22,23,24). The summed E-state index contributed by atoms with van der Waals surface area (Å²) in [7, 11) is 0. The molecule has 142 valence electrons. The highest BCUT2D eigenvalue weighted by Gasteiger charge is 2.42. The van der Waals surface area contributed by atoms with Gasteiger partial charge in [-0.2, -0.15) is 0 Å². The number of nitrogens with one attached hydrogen (secondary N) is 2. The van der Waals surface area contributed by atoms with Crippen molar-refractivity contribution in [3.63, 3.8) is 0 Å². The molecule has 3 aromatic rings. The lowest BCUT2D eigenvalue weighted by Crippen LogP contribution is -2.46. The summed E-state index contributed by atoms with van der Waals surface area (Å²) in [4.78, 5) is 33.9. The molecule has 0 bridgehead atoms. The summed E-state index contributed by atoms with van der Waals surface area (Å²) in [5, 5.41) is 6.39. The lowest BCUT2D eigenvalue weighted by molar-refractivity contribution is 0.0941. The summed E-state index contributed by atoms with van der Waals surface area (Å²) in [5.41, 5.74) is 6.13. The molecule has 1 aliphatic rings. The van der Waals surface area contributed by atoms with E-state index < -0.39 is 5.66 Å². The first kappa shape index (κ1) is 18.0. The number of fused-ring (bicyclic) bond motifs is 1. The third-order valence-corrected chi connectivity index (χ3v) is 4.98. The summed E-state index contributed by atoms with van der Waals surface area (Å²) < 4.78 is 1.45. The fourth-order valence-electron chi connectivity index (χ4n) is 3.45. The van der Waals surface area contributed by atoms with Crippen molar-refractivity contribution in [2.75, 3.05) is 11.1 Å². The third kappa shape index (κ3) is 2.78. The molecule has 3 heterocycles. The zero-order valence-corrected chi connectivity index (χ0v) is 15.9. The van der Waals surface area contributed by atoms with Crippen LogP contribution in [0.1, 0.15) is 28.5 Å². The number of carbonyl (C=O) groups is 1. The lowest BCUT2D eigenvalue weighted by atomic mass is 10.0. The molecule has 0 saturated carbocycles. The molecule has 28 heavy (non-hydrogen) atoms. The predicted octanol–water partition coefficient (Wildman–Crippen LogP) is 2.39. The second kappa shape index (κ2) is 6.35. The zero-order chi connectivity index (χ0) is 20.1. The molecule has 8 nitrogen and oxygen atoms in total. The highest BCUT2D eigenvalue weighted by molar-refractivity contribution is 6.30. The SMILES string of the molecule is Cc1cc(Nc2cc(N)ncn2)c(=O)n2c1C(=O)NC2(C)c1cccc(Cl)c1. The molecule has 1 amide bonds. The van der Waals surface area contributed by atoms with E-state index in [-0.39, 0.29) is 23.0 Å². The Labute approximate surface area is 165 Å². The number of anilines is 3. The van der Waals surface area contributed by atoms with Crippen molar-refractivity contribution < 1.29 is 4.79 Å². The number of nitrogen functional groups attached to an aromatic ring is 1. The minimum Gasteiger partial charge on any atom is -0.384 e. The average molecular weight is 397 g/mol. The van der Waals surface area contributed by atoms with Crippen LogP contribution < -0.4 is 21.9 Å². The molecule has 4 N–H and O–H groups in total. The van der Waals surface area contributed by atoms with Gasteiger partial charge in [-0.05, 0) is 43.2 Å². The van der Waals surface area contributed by atoms with Crippen molar-refractivity contribution in [1.29, 1.82) is 0 Å². The number of nitrogens with zero attached hydrogens (tertiary/aromatic N) is 3. The van der Waals surface area contributed by atoms with E-state index in [1.807, 2.05) is 6.07 Å². The van der Waals surface area contributed by atoms with Crippen LogP contribution in [0.5, 0.6) is 0 Å². The summed E-state index contributed by atoms with van der Waals surface area (Å²) in [6.07, 6.45) is 1.30. The maximum Gasteiger partial charge on any atom is 0.277 e. The normalized spacial score (nSPS) is 17.9. The first-order chi connectivity index (χ1) is 13.3. The lowest BCUT2D eigenvalue weighted by Gasteiger charge is -2.28. The molecule has 0 fully saturated rings. The fourth-order valence-corrected chi connectivity index (χ4v) is 3.64. The van der Waals surface area contributed by atoms with Crippen LogP contribution in [0.4, 0.5) is 17.3 Å². The maximum absolute atomic E-state index is 13.3. The maximum atomic E-state index is 13.3.